The summed E-state index contributed by atoms with van der Waals surface area (Å²) < 4.78 is 15.0. The lowest BCUT2D eigenvalue weighted by molar-refractivity contribution is -0.384. The normalized spacial score (nSPS) is 15.6. The van der Waals surface area contributed by atoms with Gasteiger partial charge in [0.05, 0.1) is 17.5 Å². The minimum absolute atomic E-state index is 0.0921. The largest absolute Gasteiger partial charge is 0.369 e. The Morgan fingerprint density at radius 3 is 2.38 bits per heavy atom. The van der Waals surface area contributed by atoms with E-state index < -0.39 is 0 Å². The van der Waals surface area contributed by atoms with E-state index in [1.54, 1.807) is 41.1 Å². The highest BCUT2D eigenvalue weighted by atomic mass is 19.1. The van der Waals surface area contributed by atoms with Crippen LogP contribution in [0, 0.1) is 15.9 Å². The van der Waals surface area contributed by atoms with E-state index in [0.29, 0.717) is 6.54 Å². The lowest BCUT2D eigenvalue weighted by Gasteiger charge is -2.39. The van der Waals surface area contributed by atoms with Crippen LogP contribution in [-0.4, -0.2) is 56.2 Å². The fraction of sp³-hybridized carbons (Fsp3) is 0.409. The number of halogens is 1. The van der Waals surface area contributed by atoms with Crippen LogP contribution in [0.4, 0.5) is 15.8 Å². The summed E-state index contributed by atoms with van der Waals surface area (Å²) in [5.74, 6) is 0.556. The maximum Gasteiger partial charge on any atom is 0.269 e. The second-order valence-electron chi connectivity index (χ2n) is 7.92. The summed E-state index contributed by atoms with van der Waals surface area (Å²) in [6, 6.07) is 13.2. The Balaban J connectivity index is 1.45. The second kappa shape index (κ2) is 9.82. The minimum Gasteiger partial charge on any atom is -0.369 e. The maximum atomic E-state index is 13.2. The number of piperazine rings is 1. The first-order chi connectivity index (χ1) is 15.5. The number of tetrazole rings is 1. The summed E-state index contributed by atoms with van der Waals surface area (Å²) in [4.78, 5) is 15.1. The number of nitrogens with zero attached hydrogens (tertiary/aromatic N) is 7. The summed E-state index contributed by atoms with van der Waals surface area (Å²) in [5.41, 5.74) is 2.03. The van der Waals surface area contributed by atoms with Gasteiger partial charge in [0.2, 0.25) is 0 Å². The van der Waals surface area contributed by atoms with Crippen molar-refractivity contribution in [2.24, 2.45) is 0 Å². The maximum absolute atomic E-state index is 13.2. The molecule has 168 valence electrons. The predicted octanol–water partition coefficient (Wildman–Crippen LogP) is 3.43. The number of nitro benzene ring substituents is 1. The van der Waals surface area contributed by atoms with Crippen LogP contribution in [0.15, 0.2) is 48.5 Å². The Labute approximate surface area is 185 Å². The van der Waals surface area contributed by atoms with Crippen LogP contribution in [0.1, 0.15) is 37.2 Å². The van der Waals surface area contributed by atoms with Gasteiger partial charge in [-0.3, -0.25) is 15.0 Å². The number of rotatable bonds is 8. The van der Waals surface area contributed by atoms with Crippen LogP contribution in [0.25, 0.3) is 0 Å². The molecule has 32 heavy (non-hydrogen) atoms. The van der Waals surface area contributed by atoms with Gasteiger partial charge < -0.3 is 4.90 Å². The van der Waals surface area contributed by atoms with Crippen molar-refractivity contribution in [2.45, 2.75) is 32.4 Å². The highest BCUT2D eigenvalue weighted by Gasteiger charge is 2.28. The third kappa shape index (κ3) is 4.91. The van der Waals surface area contributed by atoms with Gasteiger partial charge in [-0.15, -0.1) is 5.10 Å². The second-order valence-corrected chi connectivity index (χ2v) is 7.92. The van der Waals surface area contributed by atoms with Gasteiger partial charge in [-0.1, -0.05) is 25.5 Å². The number of aromatic nitrogens is 4. The van der Waals surface area contributed by atoms with Crippen molar-refractivity contribution in [1.82, 2.24) is 25.1 Å². The third-order valence-corrected chi connectivity index (χ3v) is 5.85. The fourth-order valence-electron chi connectivity index (χ4n) is 4.15. The van der Waals surface area contributed by atoms with Gasteiger partial charge in [0.25, 0.3) is 5.69 Å². The first-order valence-electron chi connectivity index (χ1n) is 10.8. The van der Waals surface area contributed by atoms with Crippen molar-refractivity contribution < 1.29 is 9.31 Å². The molecule has 4 rings (SSSR count). The zero-order valence-corrected chi connectivity index (χ0v) is 18.0. The standard InChI is InChI=1S/C22H26FN7O2/c1-2-3-21(22-24-25-26-29(22)16-17-4-6-18(23)7-5-17)28-14-12-27(13-15-28)19-8-10-20(11-9-19)30(31)32/h4-11,21H,2-3,12-16H2,1H3/t21-/m1/s1. The van der Waals surface area contributed by atoms with Gasteiger partial charge in [0.1, 0.15) is 5.82 Å². The van der Waals surface area contributed by atoms with E-state index in [4.69, 9.17) is 0 Å². The van der Waals surface area contributed by atoms with Crippen molar-refractivity contribution in [1.29, 1.82) is 0 Å². The summed E-state index contributed by atoms with van der Waals surface area (Å²) in [5, 5.41) is 23.3. The summed E-state index contributed by atoms with van der Waals surface area (Å²) in [7, 11) is 0. The van der Waals surface area contributed by atoms with E-state index in [-0.39, 0.29) is 22.5 Å². The summed E-state index contributed by atoms with van der Waals surface area (Å²) >= 11 is 0. The minimum atomic E-state index is -0.382. The average Bonchev–Trinajstić information content (AvgIpc) is 3.27. The van der Waals surface area contributed by atoms with E-state index in [1.165, 1.54) is 12.1 Å². The van der Waals surface area contributed by atoms with E-state index >= 15 is 0 Å². The molecule has 1 fully saturated rings. The molecule has 1 atom stereocenters. The Morgan fingerprint density at radius 1 is 1.06 bits per heavy atom. The molecule has 1 aliphatic heterocycles. The molecule has 0 amide bonds. The molecular formula is C22H26FN7O2. The topological polar surface area (TPSA) is 93.2 Å². The average molecular weight is 439 g/mol. The lowest BCUT2D eigenvalue weighted by atomic mass is 10.1. The zero-order valence-electron chi connectivity index (χ0n) is 18.0. The molecule has 0 bridgehead atoms. The molecule has 0 aliphatic carbocycles. The Bertz CT molecular complexity index is 1030. The van der Waals surface area contributed by atoms with Crippen LogP contribution in [0.3, 0.4) is 0 Å². The number of hydrogen-bond donors (Lipinski definition) is 0. The molecule has 0 unspecified atom stereocenters. The summed E-state index contributed by atoms with van der Waals surface area (Å²) in [6.45, 7) is 5.95. The number of hydrogen-bond acceptors (Lipinski definition) is 7. The van der Waals surface area contributed by atoms with E-state index in [9.17, 15) is 14.5 Å². The Kier molecular flexibility index (Phi) is 6.69. The Morgan fingerprint density at radius 2 is 1.75 bits per heavy atom. The first-order valence-corrected chi connectivity index (χ1v) is 10.8. The molecule has 2 aromatic carbocycles. The lowest BCUT2D eigenvalue weighted by Crippen LogP contribution is -2.48. The predicted molar refractivity (Wildman–Crippen MR) is 118 cm³/mol. The van der Waals surface area contributed by atoms with E-state index in [2.05, 4.69) is 32.2 Å². The van der Waals surface area contributed by atoms with Crippen LogP contribution >= 0.6 is 0 Å². The number of anilines is 1. The highest BCUT2D eigenvalue weighted by Crippen LogP contribution is 2.27. The van der Waals surface area contributed by atoms with Crippen LogP contribution in [-0.2, 0) is 6.54 Å². The number of non-ortho nitro benzene ring substituents is 1. The molecule has 10 heteroatoms. The molecular weight excluding hydrogens is 413 g/mol. The van der Waals surface area contributed by atoms with Crippen LogP contribution in [0.2, 0.25) is 0 Å². The molecule has 3 aromatic rings. The van der Waals surface area contributed by atoms with Gasteiger partial charge in [0.15, 0.2) is 5.82 Å². The number of benzene rings is 2. The smallest absolute Gasteiger partial charge is 0.269 e. The fourth-order valence-corrected chi connectivity index (χ4v) is 4.15. The molecule has 0 spiro atoms. The SMILES string of the molecule is CCC[C@H](c1nnnn1Cc1ccc(F)cc1)N1CCN(c2ccc([N+](=O)[O-])cc2)CC1. The highest BCUT2D eigenvalue weighted by molar-refractivity contribution is 5.51. The van der Waals surface area contributed by atoms with E-state index in [1.807, 2.05) is 0 Å². The molecule has 9 nitrogen and oxygen atoms in total. The molecule has 0 saturated carbocycles. The van der Waals surface area contributed by atoms with Crippen molar-refractivity contribution >= 4 is 11.4 Å². The Hall–Kier alpha value is -3.40. The zero-order chi connectivity index (χ0) is 22.5. The van der Waals surface area contributed by atoms with Crippen LogP contribution < -0.4 is 4.90 Å². The first kappa shape index (κ1) is 21.8. The van der Waals surface area contributed by atoms with E-state index in [0.717, 1.165) is 56.1 Å². The van der Waals surface area contributed by atoms with Gasteiger partial charge >= 0.3 is 0 Å². The molecule has 1 aliphatic rings. The van der Waals surface area contributed by atoms with Gasteiger partial charge in [-0.05, 0) is 46.7 Å². The molecule has 1 saturated heterocycles. The monoisotopic (exact) mass is 439 g/mol. The molecule has 0 radical (unpaired) electrons. The number of nitro groups is 1. The van der Waals surface area contributed by atoms with Gasteiger partial charge in [-0.25, -0.2) is 9.07 Å². The van der Waals surface area contributed by atoms with Crippen molar-refractivity contribution in [3.63, 3.8) is 0 Å². The van der Waals surface area contributed by atoms with Crippen molar-refractivity contribution in [2.75, 3.05) is 31.1 Å². The van der Waals surface area contributed by atoms with Gasteiger partial charge in [-0.2, -0.15) is 0 Å². The quantitative estimate of drug-likeness (QED) is 0.392. The van der Waals surface area contributed by atoms with Crippen molar-refractivity contribution in [3.05, 3.63) is 75.9 Å². The van der Waals surface area contributed by atoms with Gasteiger partial charge in [0, 0.05) is 44.0 Å². The molecule has 2 heterocycles. The summed E-state index contributed by atoms with van der Waals surface area (Å²) in [6.07, 6.45) is 1.93. The van der Waals surface area contributed by atoms with Crippen LogP contribution in [0.5, 0.6) is 0 Å². The molecule has 1 aromatic heterocycles. The van der Waals surface area contributed by atoms with Crippen molar-refractivity contribution in [3.8, 4) is 0 Å². The molecule has 0 N–H and O–H groups in total. The third-order valence-electron chi connectivity index (χ3n) is 5.85.